The zero-order valence-corrected chi connectivity index (χ0v) is 15.7. The summed E-state index contributed by atoms with van der Waals surface area (Å²) in [4.78, 5) is 24.8. The molecule has 3 aromatic carbocycles. The van der Waals surface area contributed by atoms with Gasteiger partial charge in [-0.1, -0.05) is 83.9 Å². The van der Waals surface area contributed by atoms with E-state index in [1.54, 1.807) is 12.1 Å². The van der Waals surface area contributed by atoms with Crippen LogP contribution in [0.15, 0.2) is 78.9 Å². The van der Waals surface area contributed by atoms with Crippen LogP contribution in [0.2, 0.25) is 10.0 Å². The van der Waals surface area contributed by atoms with Crippen LogP contribution in [0, 0.1) is 0 Å². The van der Waals surface area contributed by atoms with E-state index in [9.17, 15) is 9.59 Å². The van der Waals surface area contributed by atoms with E-state index >= 15 is 0 Å². The number of carbonyl (C=O) groups excluding carboxylic acids is 2. The molecular formula is C21H16Cl2N2O2. The molecule has 136 valence electrons. The number of rotatable bonds is 4. The second kappa shape index (κ2) is 8.71. The molecule has 2 N–H and O–H groups in total. The summed E-state index contributed by atoms with van der Waals surface area (Å²) in [5, 5.41) is 5.98. The van der Waals surface area contributed by atoms with E-state index in [1.807, 2.05) is 60.7 Å². The number of hydrogen-bond donors (Lipinski definition) is 2. The van der Waals surface area contributed by atoms with Gasteiger partial charge in [0.25, 0.3) is 0 Å². The molecule has 0 heterocycles. The van der Waals surface area contributed by atoms with E-state index in [0.717, 1.165) is 11.1 Å². The van der Waals surface area contributed by atoms with E-state index in [0.29, 0.717) is 10.7 Å². The average Bonchev–Trinajstić information content (AvgIpc) is 2.69. The van der Waals surface area contributed by atoms with Crippen LogP contribution < -0.4 is 10.6 Å². The third-order valence-electron chi connectivity index (χ3n) is 3.93. The Morgan fingerprint density at radius 3 is 1.81 bits per heavy atom. The van der Waals surface area contributed by atoms with Crippen molar-refractivity contribution < 1.29 is 9.59 Å². The molecule has 0 unspecified atom stereocenters. The number of hydrogen-bond acceptors (Lipinski definition) is 2. The van der Waals surface area contributed by atoms with E-state index in [2.05, 4.69) is 10.6 Å². The normalized spacial score (nSPS) is 10.5. The molecule has 0 atom stereocenters. The minimum atomic E-state index is -0.809. The maximum atomic E-state index is 12.5. The molecule has 3 aromatic rings. The smallest absolute Gasteiger partial charge is 0.313 e. The lowest BCUT2D eigenvalue weighted by atomic mass is 9.99. The number of carbonyl (C=O) groups is 2. The molecule has 0 spiro atoms. The molecule has 0 aliphatic carbocycles. The van der Waals surface area contributed by atoms with Gasteiger partial charge in [-0.25, -0.2) is 0 Å². The fourth-order valence-electron chi connectivity index (χ4n) is 2.62. The number of halogens is 2. The molecule has 0 aliphatic heterocycles. The third-order valence-corrected chi connectivity index (χ3v) is 4.47. The largest absolute Gasteiger partial charge is 0.337 e. The molecule has 0 radical (unpaired) electrons. The summed E-state index contributed by atoms with van der Waals surface area (Å²) < 4.78 is 0. The molecule has 0 aliphatic rings. The summed E-state index contributed by atoms with van der Waals surface area (Å²) in [6.45, 7) is 0. The molecule has 27 heavy (non-hydrogen) atoms. The first-order chi connectivity index (χ1) is 13.0. The Morgan fingerprint density at radius 1 is 0.741 bits per heavy atom. The average molecular weight is 399 g/mol. The van der Waals surface area contributed by atoms with Crippen molar-refractivity contribution in [1.82, 2.24) is 5.32 Å². The van der Waals surface area contributed by atoms with Gasteiger partial charge in [0.05, 0.1) is 16.8 Å². The fraction of sp³-hybridized carbons (Fsp3) is 0.0476. The van der Waals surface area contributed by atoms with Gasteiger partial charge in [0.1, 0.15) is 0 Å². The lowest BCUT2D eigenvalue weighted by Gasteiger charge is -2.19. The lowest BCUT2D eigenvalue weighted by molar-refractivity contribution is -0.136. The summed E-state index contributed by atoms with van der Waals surface area (Å²) in [7, 11) is 0. The van der Waals surface area contributed by atoms with Gasteiger partial charge in [0.15, 0.2) is 0 Å². The molecular weight excluding hydrogens is 383 g/mol. The van der Waals surface area contributed by atoms with Crippen LogP contribution in [-0.2, 0) is 9.59 Å². The Labute approximate surface area is 167 Å². The Balaban J connectivity index is 1.79. The first kappa shape index (κ1) is 19.0. The molecule has 6 heteroatoms. The molecule has 0 fully saturated rings. The van der Waals surface area contributed by atoms with Crippen molar-refractivity contribution in [3.8, 4) is 0 Å². The minimum Gasteiger partial charge on any atom is -0.337 e. The van der Waals surface area contributed by atoms with Crippen LogP contribution in [0.3, 0.4) is 0 Å². The van der Waals surface area contributed by atoms with Crippen molar-refractivity contribution in [3.05, 3.63) is 100 Å². The van der Waals surface area contributed by atoms with Crippen LogP contribution in [0.4, 0.5) is 5.69 Å². The quantitative estimate of drug-likeness (QED) is 0.617. The van der Waals surface area contributed by atoms with Crippen LogP contribution in [0.1, 0.15) is 17.2 Å². The van der Waals surface area contributed by atoms with Crippen molar-refractivity contribution >= 4 is 40.7 Å². The van der Waals surface area contributed by atoms with E-state index in [4.69, 9.17) is 23.2 Å². The first-order valence-electron chi connectivity index (χ1n) is 8.21. The van der Waals surface area contributed by atoms with Gasteiger partial charge in [-0.05, 0) is 29.3 Å². The van der Waals surface area contributed by atoms with Gasteiger partial charge in [0, 0.05) is 5.02 Å². The van der Waals surface area contributed by atoms with Crippen molar-refractivity contribution in [1.29, 1.82) is 0 Å². The number of amides is 2. The maximum absolute atomic E-state index is 12.5. The van der Waals surface area contributed by atoms with Gasteiger partial charge in [-0.15, -0.1) is 0 Å². The predicted molar refractivity (Wildman–Crippen MR) is 108 cm³/mol. The molecule has 3 rings (SSSR count). The highest BCUT2D eigenvalue weighted by Crippen LogP contribution is 2.25. The third kappa shape index (κ3) is 4.88. The summed E-state index contributed by atoms with van der Waals surface area (Å²) >= 11 is 11.9. The van der Waals surface area contributed by atoms with Gasteiger partial charge < -0.3 is 10.6 Å². The van der Waals surface area contributed by atoms with Crippen molar-refractivity contribution in [3.63, 3.8) is 0 Å². The van der Waals surface area contributed by atoms with E-state index in [-0.39, 0.29) is 5.02 Å². The Bertz CT molecular complexity index is 907. The summed E-state index contributed by atoms with van der Waals surface area (Å²) in [5.41, 5.74) is 2.06. The molecule has 0 saturated heterocycles. The van der Waals surface area contributed by atoms with Crippen molar-refractivity contribution in [2.45, 2.75) is 6.04 Å². The van der Waals surface area contributed by atoms with Crippen LogP contribution in [0.5, 0.6) is 0 Å². The highest BCUT2D eigenvalue weighted by molar-refractivity contribution is 6.42. The Kier molecular flexibility index (Phi) is 6.12. The van der Waals surface area contributed by atoms with E-state index < -0.39 is 17.9 Å². The topological polar surface area (TPSA) is 58.2 Å². The summed E-state index contributed by atoms with van der Waals surface area (Å²) in [6, 6.07) is 23.0. The van der Waals surface area contributed by atoms with Gasteiger partial charge in [-0.2, -0.15) is 0 Å². The SMILES string of the molecule is O=C(Nc1ccc(Cl)cc1Cl)C(=O)NC(c1ccccc1)c1ccccc1. The molecule has 0 aromatic heterocycles. The van der Waals surface area contributed by atoms with Gasteiger partial charge in [0.2, 0.25) is 0 Å². The summed E-state index contributed by atoms with van der Waals surface area (Å²) in [6.07, 6.45) is 0. The van der Waals surface area contributed by atoms with Crippen LogP contribution in [-0.4, -0.2) is 11.8 Å². The zero-order valence-electron chi connectivity index (χ0n) is 14.2. The number of benzene rings is 3. The lowest BCUT2D eigenvalue weighted by Crippen LogP contribution is -2.38. The molecule has 2 amide bonds. The van der Waals surface area contributed by atoms with Crippen molar-refractivity contribution in [2.75, 3.05) is 5.32 Å². The predicted octanol–water partition coefficient (Wildman–Crippen LogP) is 4.84. The Morgan fingerprint density at radius 2 is 1.30 bits per heavy atom. The van der Waals surface area contributed by atoms with Gasteiger partial charge in [-0.3, -0.25) is 9.59 Å². The number of anilines is 1. The second-order valence-corrected chi connectivity index (χ2v) is 6.65. The summed E-state index contributed by atoms with van der Waals surface area (Å²) in [5.74, 6) is -1.57. The Hall–Kier alpha value is -2.82. The first-order valence-corrected chi connectivity index (χ1v) is 8.97. The fourth-order valence-corrected chi connectivity index (χ4v) is 3.07. The van der Waals surface area contributed by atoms with Crippen LogP contribution >= 0.6 is 23.2 Å². The molecule has 0 bridgehead atoms. The monoisotopic (exact) mass is 398 g/mol. The van der Waals surface area contributed by atoms with E-state index in [1.165, 1.54) is 6.07 Å². The zero-order chi connectivity index (χ0) is 19.2. The molecule has 0 saturated carbocycles. The van der Waals surface area contributed by atoms with Crippen molar-refractivity contribution in [2.24, 2.45) is 0 Å². The van der Waals surface area contributed by atoms with Gasteiger partial charge >= 0.3 is 11.8 Å². The maximum Gasteiger partial charge on any atom is 0.313 e. The highest BCUT2D eigenvalue weighted by atomic mass is 35.5. The number of nitrogens with one attached hydrogen (secondary N) is 2. The molecule has 4 nitrogen and oxygen atoms in total. The standard InChI is InChI=1S/C21H16Cl2N2O2/c22-16-11-12-18(17(23)13-16)24-20(26)21(27)25-19(14-7-3-1-4-8-14)15-9-5-2-6-10-15/h1-13,19H,(H,24,26)(H,25,27). The van der Waals surface area contributed by atoms with Crippen LogP contribution in [0.25, 0.3) is 0 Å². The highest BCUT2D eigenvalue weighted by Gasteiger charge is 2.22. The minimum absolute atomic E-state index is 0.256. The second-order valence-electron chi connectivity index (χ2n) is 5.81.